The summed E-state index contributed by atoms with van der Waals surface area (Å²) >= 11 is 0. The van der Waals surface area contributed by atoms with Gasteiger partial charge in [0.25, 0.3) is 0 Å². The van der Waals surface area contributed by atoms with E-state index in [1.807, 2.05) is 24.3 Å². The lowest BCUT2D eigenvalue weighted by atomic mass is 10.1. The lowest BCUT2D eigenvalue weighted by Gasteiger charge is -2.34. The molecule has 3 atom stereocenters. The molecule has 0 aliphatic carbocycles. The molecule has 2 aromatic heterocycles. The van der Waals surface area contributed by atoms with Crippen LogP contribution < -0.4 is 15.5 Å². The van der Waals surface area contributed by atoms with Crippen LogP contribution in [0.15, 0.2) is 48.7 Å². The first-order valence-electron chi connectivity index (χ1n) is 11.6. The number of nitrogens with zero attached hydrogens (tertiary/aromatic N) is 6. The van der Waals surface area contributed by atoms with E-state index in [0.29, 0.717) is 5.56 Å². The molecule has 6 rings (SSSR count). The van der Waals surface area contributed by atoms with Crippen LogP contribution in [0.5, 0.6) is 0 Å². The number of nitrogens with two attached hydrogens (primary N) is 1. The highest BCUT2D eigenvalue weighted by molar-refractivity contribution is 5.95. The lowest BCUT2D eigenvalue weighted by molar-refractivity contribution is 0.108. The average Bonchev–Trinajstić information content (AvgIpc) is 3.43. The van der Waals surface area contributed by atoms with Gasteiger partial charge in [-0.15, -0.1) is 0 Å². The van der Waals surface area contributed by atoms with Crippen molar-refractivity contribution >= 4 is 33.2 Å². The quantitative estimate of drug-likeness (QED) is 0.509. The van der Waals surface area contributed by atoms with E-state index in [4.69, 9.17) is 15.6 Å². The summed E-state index contributed by atoms with van der Waals surface area (Å²) in [4.78, 5) is 9.14. The number of hydrogen-bond acceptors (Lipinski definition) is 7. The Morgan fingerprint density at radius 3 is 2.76 bits per heavy atom. The Morgan fingerprint density at radius 2 is 1.97 bits per heavy atom. The molecule has 34 heavy (non-hydrogen) atoms. The van der Waals surface area contributed by atoms with Crippen LogP contribution >= 0.6 is 0 Å². The van der Waals surface area contributed by atoms with Crippen molar-refractivity contribution in [2.45, 2.75) is 31.7 Å². The zero-order valence-corrected chi connectivity index (χ0v) is 19.3. The van der Waals surface area contributed by atoms with E-state index in [1.165, 1.54) is 11.1 Å². The normalized spacial score (nSPS) is 22.4. The Kier molecular flexibility index (Phi) is 4.90. The summed E-state index contributed by atoms with van der Waals surface area (Å²) in [6.45, 7) is 5.36. The zero-order chi connectivity index (χ0) is 23.4. The maximum Gasteiger partial charge on any atom is 0.101 e. The predicted molar refractivity (Wildman–Crippen MR) is 133 cm³/mol. The predicted octanol–water partition coefficient (Wildman–Crippen LogP) is 3.20. The average molecular weight is 454 g/mol. The topological polar surface area (TPSA) is 96.2 Å². The third kappa shape index (κ3) is 3.20. The standard InChI is InChI=1S/C26H27N7O/c1-16-12-32(23-8-5-17(11-27)26-20(23)4-3-9-29-26)14-24-19-7-6-18(10-22(19)30-33(16)24)31-13-21(28)25(15-31)34-2/h3-10,16,21,25H,12-15,28H2,1-2H3/t16-,21-,25-/m1/s1. The summed E-state index contributed by atoms with van der Waals surface area (Å²) in [6, 6.07) is 16.9. The minimum Gasteiger partial charge on any atom is -0.378 e. The zero-order valence-electron chi connectivity index (χ0n) is 19.3. The van der Waals surface area contributed by atoms with Gasteiger partial charge in [0, 0.05) is 55.1 Å². The van der Waals surface area contributed by atoms with Crippen LogP contribution in [0.3, 0.4) is 0 Å². The molecular weight excluding hydrogens is 426 g/mol. The van der Waals surface area contributed by atoms with Crippen molar-refractivity contribution in [2.24, 2.45) is 5.73 Å². The Labute approximate surface area is 198 Å². The molecule has 2 aliphatic rings. The Bertz CT molecular complexity index is 1440. The van der Waals surface area contributed by atoms with E-state index in [2.05, 4.69) is 50.7 Å². The molecule has 2 aliphatic heterocycles. The minimum absolute atomic E-state index is 0.0150. The van der Waals surface area contributed by atoms with Gasteiger partial charge in [0.1, 0.15) is 6.07 Å². The highest BCUT2D eigenvalue weighted by Crippen LogP contribution is 2.36. The van der Waals surface area contributed by atoms with Gasteiger partial charge in [0.15, 0.2) is 0 Å². The van der Waals surface area contributed by atoms with E-state index in [1.54, 1.807) is 13.3 Å². The summed E-state index contributed by atoms with van der Waals surface area (Å²) in [5.74, 6) is 0. The van der Waals surface area contributed by atoms with Crippen molar-refractivity contribution in [1.29, 1.82) is 5.26 Å². The number of nitriles is 1. The molecule has 8 heteroatoms. The smallest absolute Gasteiger partial charge is 0.101 e. The van der Waals surface area contributed by atoms with Gasteiger partial charge in [0.05, 0.1) is 47.0 Å². The first kappa shape index (κ1) is 20.9. The summed E-state index contributed by atoms with van der Waals surface area (Å²) in [5.41, 5.74) is 12.0. The molecule has 1 fully saturated rings. The maximum absolute atomic E-state index is 9.51. The molecule has 4 aromatic rings. The number of benzene rings is 2. The number of ether oxygens (including phenoxy) is 1. The molecule has 0 radical (unpaired) electrons. The van der Waals surface area contributed by atoms with Gasteiger partial charge in [-0.05, 0) is 49.4 Å². The number of hydrogen-bond donors (Lipinski definition) is 1. The maximum atomic E-state index is 9.51. The van der Waals surface area contributed by atoms with Crippen molar-refractivity contribution in [2.75, 3.05) is 36.5 Å². The second kappa shape index (κ2) is 7.97. The molecule has 2 aromatic carbocycles. The highest BCUT2D eigenvalue weighted by Gasteiger charge is 2.31. The van der Waals surface area contributed by atoms with Gasteiger partial charge in [-0.3, -0.25) is 9.67 Å². The van der Waals surface area contributed by atoms with Gasteiger partial charge in [-0.25, -0.2) is 0 Å². The number of pyridine rings is 1. The molecule has 0 amide bonds. The SMILES string of the molecule is CO[C@@H]1CN(c2ccc3c4n(nc3c2)[C@H](C)CN(c2ccc(C#N)c3ncccc23)C4)C[C@H]1N. The van der Waals surface area contributed by atoms with Crippen LogP contribution in [-0.2, 0) is 11.3 Å². The molecular formula is C26H27N7O. The molecule has 2 N–H and O–H groups in total. The molecule has 4 heterocycles. The van der Waals surface area contributed by atoms with Gasteiger partial charge in [-0.2, -0.15) is 10.4 Å². The molecule has 0 saturated carbocycles. The van der Waals surface area contributed by atoms with Gasteiger partial charge in [-0.1, -0.05) is 0 Å². The third-order valence-electron chi connectivity index (χ3n) is 7.21. The summed E-state index contributed by atoms with van der Waals surface area (Å²) in [6.07, 6.45) is 1.80. The lowest BCUT2D eigenvalue weighted by Crippen LogP contribution is -2.36. The highest BCUT2D eigenvalue weighted by atomic mass is 16.5. The van der Waals surface area contributed by atoms with Gasteiger partial charge >= 0.3 is 0 Å². The fourth-order valence-electron chi connectivity index (χ4n) is 5.47. The summed E-state index contributed by atoms with van der Waals surface area (Å²) in [5, 5.41) is 16.7. The third-order valence-corrected chi connectivity index (χ3v) is 7.21. The van der Waals surface area contributed by atoms with E-state index in [0.717, 1.165) is 54.0 Å². The summed E-state index contributed by atoms with van der Waals surface area (Å²) < 4.78 is 7.70. The van der Waals surface area contributed by atoms with Crippen molar-refractivity contribution < 1.29 is 4.74 Å². The first-order chi connectivity index (χ1) is 16.6. The van der Waals surface area contributed by atoms with Crippen molar-refractivity contribution in [3.05, 3.63) is 59.9 Å². The number of methoxy groups -OCH3 is 1. The van der Waals surface area contributed by atoms with Crippen molar-refractivity contribution in [1.82, 2.24) is 14.8 Å². The second-order valence-corrected chi connectivity index (χ2v) is 9.31. The van der Waals surface area contributed by atoms with E-state index in [9.17, 15) is 5.26 Å². The molecule has 0 bridgehead atoms. The molecule has 0 spiro atoms. The van der Waals surface area contributed by atoms with Crippen LogP contribution in [0.1, 0.15) is 24.2 Å². The first-order valence-corrected chi connectivity index (χ1v) is 11.6. The van der Waals surface area contributed by atoms with Gasteiger partial charge in [0.2, 0.25) is 0 Å². The Balaban J connectivity index is 1.37. The van der Waals surface area contributed by atoms with E-state index >= 15 is 0 Å². The molecule has 0 unspecified atom stereocenters. The minimum atomic E-state index is 0.0150. The van der Waals surface area contributed by atoms with Crippen LogP contribution in [0, 0.1) is 11.3 Å². The fourth-order valence-corrected chi connectivity index (χ4v) is 5.47. The number of anilines is 2. The summed E-state index contributed by atoms with van der Waals surface area (Å²) in [7, 11) is 1.72. The van der Waals surface area contributed by atoms with Gasteiger partial charge < -0.3 is 20.3 Å². The number of rotatable bonds is 3. The van der Waals surface area contributed by atoms with E-state index in [-0.39, 0.29) is 18.2 Å². The Hall–Kier alpha value is -3.67. The number of aromatic nitrogens is 3. The van der Waals surface area contributed by atoms with E-state index < -0.39 is 0 Å². The number of fused-ring (bicyclic) bond motifs is 4. The second-order valence-electron chi connectivity index (χ2n) is 9.31. The van der Waals surface area contributed by atoms with Crippen molar-refractivity contribution in [3.63, 3.8) is 0 Å². The van der Waals surface area contributed by atoms with Crippen LogP contribution in [0.4, 0.5) is 11.4 Å². The van der Waals surface area contributed by atoms with Crippen LogP contribution in [-0.4, -0.2) is 53.7 Å². The molecule has 1 saturated heterocycles. The van der Waals surface area contributed by atoms with Crippen LogP contribution in [0.25, 0.3) is 21.8 Å². The molecule has 172 valence electrons. The molecule has 8 nitrogen and oxygen atoms in total. The monoisotopic (exact) mass is 453 g/mol. The fraction of sp³-hybridized carbons (Fsp3) is 0.346. The van der Waals surface area contributed by atoms with Crippen LogP contribution in [0.2, 0.25) is 0 Å². The Morgan fingerprint density at radius 1 is 1.09 bits per heavy atom. The van der Waals surface area contributed by atoms with Crippen molar-refractivity contribution in [3.8, 4) is 6.07 Å². The largest absolute Gasteiger partial charge is 0.378 e.